The van der Waals surface area contributed by atoms with Crippen LogP contribution >= 0.6 is 11.3 Å². The predicted molar refractivity (Wildman–Crippen MR) is 121 cm³/mol. The molecule has 1 aromatic heterocycles. The highest BCUT2D eigenvalue weighted by atomic mass is 32.1. The van der Waals surface area contributed by atoms with Gasteiger partial charge in [0.25, 0.3) is 5.91 Å². The van der Waals surface area contributed by atoms with Crippen molar-refractivity contribution in [3.63, 3.8) is 0 Å². The van der Waals surface area contributed by atoms with Gasteiger partial charge in [0.05, 0.1) is 12.6 Å². The summed E-state index contributed by atoms with van der Waals surface area (Å²) in [6.45, 7) is 0.122. The van der Waals surface area contributed by atoms with Crippen LogP contribution in [0.1, 0.15) is 33.1 Å². The molecule has 172 valence electrons. The molecular weight excluding hydrogens is 460 g/mol. The van der Waals surface area contributed by atoms with E-state index < -0.39 is 29.9 Å². The standard InChI is InChI=1S/C23H18N4O6S/c28-19-9-17(21(30)31)27(26-19)20(29)18-10-24-22(34-18)25-23(32)33-11-16-14-7-3-1-5-12(14)13-6-2-4-8-15(13)16/h1-8,10,16-17H,9,11H2,(H,26,28)(H,30,31)(H,24,25,32). The van der Waals surface area contributed by atoms with Gasteiger partial charge in [0.15, 0.2) is 11.2 Å². The minimum absolute atomic E-state index is 0.0578. The minimum Gasteiger partial charge on any atom is -0.480 e. The van der Waals surface area contributed by atoms with Crippen molar-refractivity contribution in [3.8, 4) is 11.1 Å². The van der Waals surface area contributed by atoms with E-state index in [9.17, 15) is 24.3 Å². The fourth-order valence-electron chi connectivity index (χ4n) is 4.19. The molecule has 3 N–H and O–H groups in total. The number of amides is 3. The lowest BCUT2D eigenvalue weighted by Crippen LogP contribution is -2.46. The van der Waals surface area contributed by atoms with Crippen molar-refractivity contribution < 1.29 is 29.0 Å². The highest BCUT2D eigenvalue weighted by Gasteiger charge is 2.40. The molecule has 2 aliphatic rings. The molecule has 0 radical (unpaired) electrons. The summed E-state index contributed by atoms with van der Waals surface area (Å²) in [6.07, 6.45) is 0.147. The van der Waals surface area contributed by atoms with E-state index in [1.165, 1.54) is 6.20 Å². The van der Waals surface area contributed by atoms with Gasteiger partial charge in [-0.1, -0.05) is 59.9 Å². The molecule has 5 rings (SSSR count). The SMILES string of the molecule is O=C1CC(C(=O)O)N(C(=O)c2cnc(NC(=O)OCC3c4ccccc4-c4ccccc43)s2)N1. The highest BCUT2D eigenvalue weighted by molar-refractivity contribution is 7.17. The minimum atomic E-state index is -1.30. The number of carbonyl (C=O) groups is 4. The summed E-state index contributed by atoms with van der Waals surface area (Å²) in [6, 6.07) is 14.6. The number of hydrogen-bond acceptors (Lipinski definition) is 7. The fraction of sp³-hybridized carbons (Fsp3) is 0.174. The van der Waals surface area contributed by atoms with Gasteiger partial charge in [-0.25, -0.2) is 19.6 Å². The van der Waals surface area contributed by atoms with Crippen molar-refractivity contribution in [1.82, 2.24) is 15.4 Å². The molecule has 1 saturated heterocycles. The molecule has 10 nitrogen and oxygen atoms in total. The first-order valence-corrected chi connectivity index (χ1v) is 11.2. The van der Waals surface area contributed by atoms with Crippen LogP contribution in [0.25, 0.3) is 11.1 Å². The molecule has 34 heavy (non-hydrogen) atoms. The van der Waals surface area contributed by atoms with E-state index in [1.807, 2.05) is 48.5 Å². The van der Waals surface area contributed by atoms with Gasteiger partial charge in [-0.05, 0) is 22.3 Å². The summed E-state index contributed by atoms with van der Waals surface area (Å²) < 4.78 is 5.46. The Morgan fingerprint density at radius 1 is 1.12 bits per heavy atom. The number of ether oxygens (including phenoxy) is 1. The molecule has 1 aliphatic heterocycles. The second-order valence-corrected chi connectivity index (χ2v) is 8.78. The van der Waals surface area contributed by atoms with Gasteiger partial charge in [-0.15, -0.1) is 0 Å². The van der Waals surface area contributed by atoms with Crippen LogP contribution in [-0.4, -0.2) is 51.6 Å². The fourth-order valence-corrected chi connectivity index (χ4v) is 4.93. The van der Waals surface area contributed by atoms with E-state index in [2.05, 4.69) is 15.7 Å². The summed E-state index contributed by atoms with van der Waals surface area (Å²) in [5.41, 5.74) is 6.63. The zero-order valence-corrected chi connectivity index (χ0v) is 18.4. The first kappa shape index (κ1) is 21.6. The Bertz CT molecular complexity index is 1280. The van der Waals surface area contributed by atoms with Crippen LogP contribution in [0.3, 0.4) is 0 Å². The number of benzene rings is 2. The van der Waals surface area contributed by atoms with E-state index in [0.29, 0.717) is 0 Å². The number of hydrazine groups is 1. The number of nitrogens with zero attached hydrogens (tertiary/aromatic N) is 2. The molecule has 2 aromatic carbocycles. The summed E-state index contributed by atoms with van der Waals surface area (Å²) in [7, 11) is 0. The van der Waals surface area contributed by atoms with Gasteiger partial charge in [0, 0.05) is 5.92 Å². The second-order valence-electron chi connectivity index (χ2n) is 7.75. The largest absolute Gasteiger partial charge is 0.480 e. The van der Waals surface area contributed by atoms with Crippen molar-refractivity contribution in [3.05, 3.63) is 70.7 Å². The van der Waals surface area contributed by atoms with Gasteiger partial charge in [-0.3, -0.25) is 20.3 Å². The number of carboxylic acid groups (broad SMARTS) is 1. The van der Waals surface area contributed by atoms with Crippen LogP contribution < -0.4 is 10.7 Å². The number of carbonyl (C=O) groups excluding carboxylic acids is 3. The molecule has 0 saturated carbocycles. The number of aliphatic carboxylic acids is 1. The van der Waals surface area contributed by atoms with Crippen LogP contribution in [0.4, 0.5) is 9.93 Å². The molecule has 1 aliphatic carbocycles. The number of nitrogens with one attached hydrogen (secondary N) is 2. The summed E-state index contributed by atoms with van der Waals surface area (Å²) in [5.74, 6) is -2.69. The Morgan fingerprint density at radius 2 is 1.76 bits per heavy atom. The van der Waals surface area contributed by atoms with E-state index in [1.54, 1.807) is 0 Å². The first-order chi connectivity index (χ1) is 16.4. The van der Waals surface area contributed by atoms with Gasteiger partial charge >= 0.3 is 12.1 Å². The van der Waals surface area contributed by atoms with E-state index >= 15 is 0 Å². The Labute approximate surface area is 197 Å². The smallest absolute Gasteiger partial charge is 0.413 e. The van der Waals surface area contributed by atoms with Gasteiger partial charge in [0.1, 0.15) is 11.5 Å². The molecule has 11 heteroatoms. The lowest BCUT2D eigenvalue weighted by Gasteiger charge is -2.18. The number of carboxylic acids is 1. The van der Waals surface area contributed by atoms with Gasteiger partial charge in [-0.2, -0.15) is 0 Å². The maximum atomic E-state index is 12.6. The third-order valence-corrected chi connectivity index (χ3v) is 6.61. The molecule has 1 unspecified atom stereocenters. The molecular formula is C23H18N4O6S. The van der Waals surface area contributed by atoms with E-state index in [0.717, 1.165) is 38.6 Å². The number of anilines is 1. The number of fused-ring (bicyclic) bond motifs is 3. The number of aromatic nitrogens is 1. The predicted octanol–water partition coefficient (Wildman–Crippen LogP) is 2.83. The third kappa shape index (κ3) is 3.86. The summed E-state index contributed by atoms with van der Waals surface area (Å²) >= 11 is 0.848. The quantitative estimate of drug-likeness (QED) is 0.513. The third-order valence-electron chi connectivity index (χ3n) is 5.71. The van der Waals surface area contributed by atoms with Crippen LogP contribution in [0, 0.1) is 0 Å². The first-order valence-electron chi connectivity index (χ1n) is 10.4. The maximum absolute atomic E-state index is 12.6. The van der Waals surface area contributed by atoms with Gasteiger partial charge < -0.3 is 9.84 Å². The molecule has 1 fully saturated rings. The lowest BCUT2D eigenvalue weighted by molar-refractivity contribution is -0.142. The summed E-state index contributed by atoms with van der Waals surface area (Å²) in [4.78, 5) is 51.9. The average Bonchev–Trinajstić information content (AvgIpc) is 3.53. The molecule has 0 spiro atoms. The van der Waals surface area contributed by atoms with Crippen molar-refractivity contribution in [1.29, 1.82) is 0 Å². The topological polar surface area (TPSA) is 138 Å². The van der Waals surface area contributed by atoms with Crippen molar-refractivity contribution in [2.45, 2.75) is 18.4 Å². The zero-order valence-electron chi connectivity index (χ0n) is 17.6. The zero-order chi connectivity index (χ0) is 23.8. The van der Waals surface area contributed by atoms with Crippen LogP contribution in [0.2, 0.25) is 0 Å². The Balaban J connectivity index is 1.23. The molecule has 0 bridgehead atoms. The van der Waals surface area contributed by atoms with Crippen LogP contribution in [0.5, 0.6) is 0 Å². The molecule has 3 amide bonds. The monoisotopic (exact) mass is 478 g/mol. The van der Waals surface area contributed by atoms with Crippen LogP contribution in [0.15, 0.2) is 54.7 Å². The van der Waals surface area contributed by atoms with Crippen LogP contribution in [-0.2, 0) is 14.3 Å². The Hall–Kier alpha value is -4.25. The maximum Gasteiger partial charge on any atom is 0.413 e. The average molecular weight is 478 g/mol. The molecule has 3 aromatic rings. The normalized spacial score (nSPS) is 16.5. The number of hydrogen-bond donors (Lipinski definition) is 3. The van der Waals surface area contributed by atoms with Gasteiger partial charge in [0.2, 0.25) is 5.91 Å². The lowest BCUT2D eigenvalue weighted by atomic mass is 9.98. The van der Waals surface area contributed by atoms with Crippen molar-refractivity contribution in [2.75, 3.05) is 11.9 Å². The summed E-state index contributed by atoms with van der Waals surface area (Å²) in [5, 5.41) is 12.6. The van der Waals surface area contributed by atoms with Crippen molar-refractivity contribution >= 4 is 40.3 Å². The highest BCUT2D eigenvalue weighted by Crippen LogP contribution is 2.44. The Morgan fingerprint density at radius 3 is 2.41 bits per heavy atom. The number of thiazole rings is 1. The van der Waals surface area contributed by atoms with Crippen molar-refractivity contribution in [2.24, 2.45) is 0 Å². The Kier molecular flexibility index (Phi) is 5.46. The second kappa shape index (κ2) is 8.60. The van der Waals surface area contributed by atoms with E-state index in [4.69, 9.17) is 4.74 Å². The molecule has 2 heterocycles. The van der Waals surface area contributed by atoms with E-state index in [-0.39, 0.29) is 29.0 Å². The molecule has 1 atom stereocenters. The number of rotatable bonds is 5.